The lowest BCUT2D eigenvalue weighted by Gasteiger charge is -2.16. The molecule has 114 valence electrons. The molecule has 0 amide bonds. The lowest BCUT2D eigenvalue weighted by molar-refractivity contribution is 0.0848. The third kappa shape index (κ3) is 2.71. The van der Waals surface area contributed by atoms with Gasteiger partial charge in [0.25, 0.3) is 0 Å². The highest BCUT2D eigenvalue weighted by molar-refractivity contribution is 6.01. The fraction of sp³-hybridized carbons (Fsp3) is 0.316. The number of methoxy groups -OCH3 is 1. The Morgan fingerprint density at radius 1 is 1.05 bits per heavy atom. The van der Waals surface area contributed by atoms with Gasteiger partial charge < -0.3 is 9.57 Å². The van der Waals surface area contributed by atoms with Crippen LogP contribution in [0.3, 0.4) is 0 Å². The van der Waals surface area contributed by atoms with Crippen molar-refractivity contribution in [2.75, 3.05) is 7.11 Å². The molecule has 3 nitrogen and oxygen atoms in total. The molecule has 0 aliphatic carbocycles. The molecule has 0 bridgehead atoms. The minimum Gasteiger partial charge on any atom is -0.497 e. The molecule has 1 aliphatic heterocycles. The third-order valence-electron chi connectivity index (χ3n) is 4.15. The van der Waals surface area contributed by atoms with Gasteiger partial charge in [0.2, 0.25) is 0 Å². The number of oxime groups is 1. The number of nitrogens with zero attached hydrogens (tertiary/aromatic N) is 1. The summed E-state index contributed by atoms with van der Waals surface area (Å²) in [6.45, 7) is 6.41. The lowest BCUT2D eigenvalue weighted by Crippen LogP contribution is -2.05. The first-order valence-corrected chi connectivity index (χ1v) is 7.53. The van der Waals surface area contributed by atoms with Crippen LogP contribution in [0.1, 0.15) is 40.3 Å². The highest BCUT2D eigenvalue weighted by Gasteiger charge is 2.26. The quantitative estimate of drug-likeness (QED) is 0.835. The number of hydrogen-bond donors (Lipinski definition) is 0. The Balaban J connectivity index is 1.82. The molecule has 2 aromatic rings. The van der Waals surface area contributed by atoms with Crippen LogP contribution in [0.15, 0.2) is 41.6 Å². The van der Waals surface area contributed by atoms with E-state index in [0.29, 0.717) is 0 Å². The molecule has 0 fully saturated rings. The van der Waals surface area contributed by atoms with Crippen molar-refractivity contribution in [3.8, 4) is 5.75 Å². The SMILES string of the molecule is COc1ccc(C2=NOC(c3c(C)cc(C)cc3C)C2)cc1. The fourth-order valence-electron chi connectivity index (χ4n) is 3.19. The lowest BCUT2D eigenvalue weighted by atomic mass is 9.92. The van der Waals surface area contributed by atoms with E-state index in [1.807, 2.05) is 24.3 Å². The summed E-state index contributed by atoms with van der Waals surface area (Å²) in [5, 5.41) is 4.30. The van der Waals surface area contributed by atoms with Crippen LogP contribution >= 0.6 is 0 Å². The summed E-state index contributed by atoms with van der Waals surface area (Å²) >= 11 is 0. The molecule has 0 saturated heterocycles. The first-order valence-electron chi connectivity index (χ1n) is 7.53. The Kier molecular flexibility index (Phi) is 3.88. The van der Waals surface area contributed by atoms with Crippen molar-refractivity contribution in [3.05, 3.63) is 64.2 Å². The minimum absolute atomic E-state index is 0.0118. The molecule has 0 aromatic heterocycles. The van der Waals surface area contributed by atoms with Gasteiger partial charge in [-0.15, -0.1) is 0 Å². The molecule has 3 rings (SSSR count). The second-order valence-corrected chi connectivity index (χ2v) is 5.88. The molecular weight excluding hydrogens is 274 g/mol. The van der Waals surface area contributed by atoms with Gasteiger partial charge >= 0.3 is 0 Å². The first-order chi connectivity index (χ1) is 10.6. The zero-order valence-electron chi connectivity index (χ0n) is 13.5. The van der Waals surface area contributed by atoms with E-state index in [0.717, 1.165) is 23.4 Å². The van der Waals surface area contributed by atoms with E-state index in [1.54, 1.807) is 7.11 Å². The topological polar surface area (TPSA) is 30.8 Å². The van der Waals surface area contributed by atoms with Crippen LogP contribution in [-0.4, -0.2) is 12.8 Å². The van der Waals surface area contributed by atoms with Crippen molar-refractivity contribution >= 4 is 5.71 Å². The van der Waals surface area contributed by atoms with Gasteiger partial charge in [-0.3, -0.25) is 0 Å². The number of aryl methyl sites for hydroxylation is 3. The highest BCUT2D eigenvalue weighted by Crippen LogP contribution is 2.34. The summed E-state index contributed by atoms with van der Waals surface area (Å²) in [6.07, 6.45) is 0.814. The van der Waals surface area contributed by atoms with Gasteiger partial charge in [-0.1, -0.05) is 22.9 Å². The molecule has 0 radical (unpaired) electrons. The van der Waals surface area contributed by atoms with Crippen molar-refractivity contribution in [1.29, 1.82) is 0 Å². The summed E-state index contributed by atoms with van der Waals surface area (Å²) in [4.78, 5) is 5.72. The molecule has 1 heterocycles. The summed E-state index contributed by atoms with van der Waals surface area (Å²) in [7, 11) is 1.67. The van der Waals surface area contributed by atoms with E-state index in [4.69, 9.17) is 9.57 Å². The molecule has 2 aromatic carbocycles. The molecule has 1 aliphatic rings. The number of benzene rings is 2. The molecule has 3 heteroatoms. The van der Waals surface area contributed by atoms with Crippen LogP contribution in [0.2, 0.25) is 0 Å². The van der Waals surface area contributed by atoms with E-state index in [9.17, 15) is 0 Å². The van der Waals surface area contributed by atoms with E-state index < -0.39 is 0 Å². The van der Waals surface area contributed by atoms with Crippen LogP contribution in [0.25, 0.3) is 0 Å². The van der Waals surface area contributed by atoms with Crippen LogP contribution in [0.4, 0.5) is 0 Å². The zero-order chi connectivity index (χ0) is 15.7. The maximum atomic E-state index is 5.72. The van der Waals surface area contributed by atoms with Crippen molar-refractivity contribution in [2.45, 2.75) is 33.3 Å². The van der Waals surface area contributed by atoms with Crippen LogP contribution in [-0.2, 0) is 4.84 Å². The second-order valence-electron chi connectivity index (χ2n) is 5.88. The maximum Gasteiger partial charge on any atom is 0.158 e. The number of rotatable bonds is 3. The standard InChI is InChI=1S/C19H21NO2/c1-12-9-13(2)19(14(3)10-12)18-11-17(20-22-18)15-5-7-16(21-4)8-6-15/h5-10,18H,11H2,1-4H3. The average Bonchev–Trinajstić information content (AvgIpc) is 2.96. The summed E-state index contributed by atoms with van der Waals surface area (Å²) in [5.74, 6) is 0.852. The largest absolute Gasteiger partial charge is 0.497 e. The Hall–Kier alpha value is -2.29. The number of hydrogen-bond acceptors (Lipinski definition) is 3. The van der Waals surface area contributed by atoms with Gasteiger partial charge in [0, 0.05) is 12.0 Å². The fourth-order valence-corrected chi connectivity index (χ4v) is 3.19. The summed E-state index contributed by atoms with van der Waals surface area (Å²) in [5.41, 5.74) is 7.17. The normalized spacial score (nSPS) is 17.1. The predicted octanol–water partition coefficient (Wildman–Crippen LogP) is 4.49. The Morgan fingerprint density at radius 3 is 2.27 bits per heavy atom. The van der Waals surface area contributed by atoms with E-state index in [-0.39, 0.29) is 6.10 Å². The molecule has 1 unspecified atom stereocenters. The van der Waals surface area contributed by atoms with Gasteiger partial charge in [-0.2, -0.15) is 0 Å². The average molecular weight is 295 g/mol. The Bertz CT molecular complexity index is 694. The maximum absolute atomic E-state index is 5.72. The summed E-state index contributed by atoms with van der Waals surface area (Å²) < 4.78 is 5.19. The van der Waals surface area contributed by atoms with Crippen LogP contribution in [0, 0.1) is 20.8 Å². The smallest absolute Gasteiger partial charge is 0.158 e. The molecule has 1 atom stereocenters. The Morgan fingerprint density at radius 2 is 1.68 bits per heavy atom. The van der Waals surface area contributed by atoms with Gasteiger partial charge in [-0.25, -0.2) is 0 Å². The predicted molar refractivity (Wildman–Crippen MR) is 88.6 cm³/mol. The molecule has 0 saturated carbocycles. The van der Waals surface area contributed by atoms with Crippen molar-refractivity contribution in [1.82, 2.24) is 0 Å². The second kappa shape index (κ2) is 5.84. The van der Waals surface area contributed by atoms with Gasteiger partial charge in [-0.05, 0) is 61.7 Å². The third-order valence-corrected chi connectivity index (χ3v) is 4.15. The van der Waals surface area contributed by atoms with Crippen molar-refractivity contribution in [2.24, 2.45) is 5.16 Å². The minimum atomic E-state index is 0.0118. The Labute approximate surface area is 131 Å². The van der Waals surface area contributed by atoms with E-state index in [2.05, 4.69) is 38.1 Å². The highest BCUT2D eigenvalue weighted by atomic mass is 16.6. The zero-order valence-corrected chi connectivity index (χ0v) is 13.5. The number of ether oxygens (including phenoxy) is 1. The van der Waals surface area contributed by atoms with E-state index >= 15 is 0 Å². The van der Waals surface area contributed by atoms with Crippen LogP contribution < -0.4 is 4.74 Å². The summed E-state index contributed by atoms with van der Waals surface area (Å²) in [6, 6.07) is 12.4. The van der Waals surface area contributed by atoms with E-state index in [1.165, 1.54) is 22.3 Å². The monoisotopic (exact) mass is 295 g/mol. The van der Waals surface area contributed by atoms with Gasteiger partial charge in [0.1, 0.15) is 5.75 Å². The van der Waals surface area contributed by atoms with Crippen LogP contribution in [0.5, 0.6) is 5.75 Å². The van der Waals surface area contributed by atoms with Gasteiger partial charge in [0.05, 0.1) is 12.8 Å². The molecule has 0 N–H and O–H groups in total. The van der Waals surface area contributed by atoms with Crippen molar-refractivity contribution < 1.29 is 9.57 Å². The van der Waals surface area contributed by atoms with Crippen molar-refractivity contribution in [3.63, 3.8) is 0 Å². The molecule has 0 spiro atoms. The molecule has 22 heavy (non-hydrogen) atoms. The molecular formula is C19H21NO2. The first kappa shape index (κ1) is 14.6. The van der Waals surface area contributed by atoms with Gasteiger partial charge in [0.15, 0.2) is 6.10 Å².